The van der Waals surface area contributed by atoms with Crippen LogP contribution >= 0.6 is 7.60 Å². The summed E-state index contributed by atoms with van der Waals surface area (Å²) >= 11 is 0. The Morgan fingerprint density at radius 2 is 1.55 bits per heavy atom. The highest BCUT2D eigenvalue weighted by Crippen LogP contribution is 2.49. The lowest BCUT2D eigenvalue weighted by Crippen LogP contribution is -2.23. The maximum atomic E-state index is 13.6. The monoisotopic (exact) mass is 413 g/mol. The first-order valence-electron chi connectivity index (χ1n) is 9.84. The summed E-state index contributed by atoms with van der Waals surface area (Å²) in [7, 11) is -0.693. The Balaban J connectivity index is 2.01. The standard InChI is InChI=1S/C23H25FNO3P/c1-27-29(26,28-2)23-21-11-7-6-10-20(21)22(16-17-8-4-3-5-9-17)25(23)19-14-12-18(24)13-15-19/h3-5,8-9,12-15H,6-7,10-11,16H2,1-2H3. The number of benzene rings is 2. The zero-order valence-corrected chi connectivity index (χ0v) is 17.6. The van der Waals surface area contributed by atoms with Crippen molar-refractivity contribution in [1.29, 1.82) is 0 Å². The molecule has 1 aliphatic rings. The average molecular weight is 413 g/mol. The maximum absolute atomic E-state index is 13.6. The number of fused-ring (bicyclic) bond motifs is 1. The van der Waals surface area contributed by atoms with Crippen LogP contribution in [0.25, 0.3) is 5.69 Å². The number of aromatic nitrogens is 1. The van der Waals surface area contributed by atoms with Gasteiger partial charge in [0.05, 0.1) is 0 Å². The van der Waals surface area contributed by atoms with E-state index in [0.29, 0.717) is 11.9 Å². The highest BCUT2D eigenvalue weighted by molar-refractivity contribution is 7.62. The van der Waals surface area contributed by atoms with Crippen LogP contribution in [0.5, 0.6) is 0 Å². The van der Waals surface area contributed by atoms with Crippen molar-refractivity contribution in [3.8, 4) is 5.69 Å². The van der Waals surface area contributed by atoms with Crippen molar-refractivity contribution >= 4 is 13.0 Å². The van der Waals surface area contributed by atoms with Crippen molar-refractivity contribution in [3.63, 3.8) is 0 Å². The zero-order chi connectivity index (χ0) is 20.4. The minimum atomic E-state index is -3.52. The summed E-state index contributed by atoms with van der Waals surface area (Å²) in [4.78, 5) is 0. The Morgan fingerprint density at radius 3 is 2.17 bits per heavy atom. The molecule has 0 N–H and O–H groups in total. The summed E-state index contributed by atoms with van der Waals surface area (Å²) in [5.41, 5.74) is 5.85. The van der Waals surface area contributed by atoms with Gasteiger partial charge in [0.15, 0.2) is 0 Å². The predicted molar refractivity (Wildman–Crippen MR) is 113 cm³/mol. The summed E-state index contributed by atoms with van der Waals surface area (Å²) in [6, 6.07) is 16.5. The third kappa shape index (κ3) is 3.71. The third-order valence-electron chi connectivity index (χ3n) is 5.61. The second-order valence-electron chi connectivity index (χ2n) is 7.27. The lowest BCUT2D eigenvalue weighted by atomic mass is 9.92. The molecule has 1 aromatic heterocycles. The molecule has 1 heterocycles. The molecule has 0 radical (unpaired) electrons. The molecule has 29 heavy (non-hydrogen) atoms. The van der Waals surface area contributed by atoms with Crippen molar-refractivity contribution < 1.29 is 18.0 Å². The van der Waals surface area contributed by atoms with E-state index in [1.165, 1.54) is 31.9 Å². The summed E-state index contributed by atoms with van der Waals surface area (Å²) in [6.45, 7) is 0. The molecule has 0 spiro atoms. The van der Waals surface area contributed by atoms with Crippen molar-refractivity contribution in [1.82, 2.24) is 4.57 Å². The highest BCUT2D eigenvalue weighted by Gasteiger charge is 2.37. The second kappa shape index (κ2) is 8.27. The second-order valence-corrected chi connectivity index (χ2v) is 9.42. The molecule has 4 nitrogen and oxygen atoms in total. The van der Waals surface area contributed by atoms with E-state index in [2.05, 4.69) is 12.1 Å². The van der Waals surface area contributed by atoms with Crippen LogP contribution in [0, 0.1) is 5.82 Å². The normalized spacial score (nSPS) is 14.0. The molecule has 0 saturated carbocycles. The summed E-state index contributed by atoms with van der Waals surface area (Å²) in [6.07, 6.45) is 4.56. The lowest BCUT2D eigenvalue weighted by Gasteiger charge is -2.20. The Morgan fingerprint density at radius 1 is 0.931 bits per heavy atom. The van der Waals surface area contributed by atoms with E-state index in [1.807, 2.05) is 22.8 Å². The SMILES string of the molecule is COP(=O)(OC)c1c2c(c(Cc3ccccc3)n1-c1ccc(F)cc1)CCCC2. The van der Waals surface area contributed by atoms with Gasteiger partial charge < -0.3 is 13.6 Å². The van der Waals surface area contributed by atoms with Crippen LogP contribution in [0.4, 0.5) is 4.39 Å². The summed E-state index contributed by atoms with van der Waals surface area (Å²) in [5, 5.41) is 0. The fraction of sp³-hybridized carbons (Fsp3) is 0.304. The fourth-order valence-corrected chi connectivity index (χ4v) is 5.80. The quantitative estimate of drug-likeness (QED) is 0.522. The van der Waals surface area contributed by atoms with Crippen LogP contribution < -0.4 is 5.44 Å². The van der Waals surface area contributed by atoms with Gasteiger partial charge in [0.1, 0.15) is 11.3 Å². The largest absolute Gasteiger partial charge is 0.377 e. The molecular formula is C23H25FNO3P. The van der Waals surface area contributed by atoms with Gasteiger partial charge in [-0.3, -0.25) is 4.57 Å². The third-order valence-corrected chi connectivity index (χ3v) is 7.56. The molecule has 3 aromatic rings. The fourth-order valence-electron chi connectivity index (χ4n) is 4.25. The lowest BCUT2D eigenvalue weighted by molar-refractivity contribution is 0.286. The van der Waals surface area contributed by atoms with Crippen LogP contribution in [0.2, 0.25) is 0 Å². The molecule has 6 heteroatoms. The molecule has 0 unspecified atom stereocenters. The van der Waals surface area contributed by atoms with Gasteiger partial charge in [0.2, 0.25) is 0 Å². The summed E-state index contributed by atoms with van der Waals surface area (Å²) < 4.78 is 40.1. The topological polar surface area (TPSA) is 40.5 Å². The van der Waals surface area contributed by atoms with Crippen LogP contribution in [0.1, 0.15) is 35.2 Å². The summed E-state index contributed by atoms with van der Waals surface area (Å²) in [5.74, 6) is -0.307. The molecule has 0 bridgehead atoms. The van der Waals surface area contributed by atoms with Gasteiger partial charge in [0, 0.05) is 32.0 Å². The Bertz CT molecular complexity index is 1040. The average Bonchev–Trinajstić information content (AvgIpc) is 3.09. The molecule has 4 rings (SSSR count). The Kier molecular flexibility index (Phi) is 5.73. The molecule has 0 atom stereocenters. The van der Waals surface area contributed by atoms with Crippen molar-refractivity contribution in [2.45, 2.75) is 32.1 Å². The van der Waals surface area contributed by atoms with Crippen LogP contribution in [0.15, 0.2) is 54.6 Å². The Labute approximate surface area is 170 Å². The first-order chi connectivity index (χ1) is 14.1. The molecule has 2 aromatic carbocycles. The van der Waals surface area contributed by atoms with Gasteiger partial charge in [-0.05, 0) is 66.6 Å². The van der Waals surface area contributed by atoms with E-state index in [-0.39, 0.29) is 5.82 Å². The van der Waals surface area contributed by atoms with Crippen LogP contribution in [-0.4, -0.2) is 18.8 Å². The minimum absolute atomic E-state index is 0.307. The molecular weight excluding hydrogens is 388 g/mol. The van der Waals surface area contributed by atoms with Crippen LogP contribution in [0.3, 0.4) is 0 Å². The van der Waals surface area contributed by atoms with Gasteiger partial charge in [-0.1, -0.05) is 30.3 Å². The van der Waals surface area contributed by atoms with E-state index in [0.717, 1.165) is 48.2 Å². The van der Waals surface area contributed by atoms with Gasteiger partial charge in [0.25, 0.3) is 0 Å². The van der Waals surface area contributed by atoms with Crippen LogP contribution in [-0.2, 0) is 32.9 Å². The highest BCUT2D eigenvalue weighted by atomic mass is 31.2. The first kappa shape index (κ1) is 20.1. The zero-order valence-electron chi connectivity index (χ0n) is 16.7. The van der Waals surface area contributed by atoms with E-state index in [4.69, 9.17) is 9.05 Å². The first-order valence-corrected chi connectivity index (χ1v) is 11.4. The molecule has 0 amide bonds. The number of hydrogen-bond acceptors (Lipinski definition) is 3. The van der Waals surface area contributed by atoms with Crippen molar-refractivity contribution in [3.05, 3.63) is 82.8 Å². The number of nitrogens with zero attached hydrogens (tertiary/aromatic N) is 1. The van der Waals surface area contributed by atoms with Gasteiger partial charge >= 0.3 is 7.60 Å². The minimum Gasteiger partial charge on any atom is -0.308 e. The molecule has 0 saturated heterocycles. The smallest absolute Gasteiger partial charge is 0.308 e. The number of hydrogen-bond donors (Lipinski definition) is 0. The van der Waals surface area contributed by atoms with Crippen molar-refractivity contribution in [2.24, 2.45) is 0 Å². The number of halogens is 1. The molecule has 152 valence electrons. The van der Waals surface area contributed by atoms with E-state index in [9.17, 15) is 8.96 Å². The van der Waals surface area contributed by atoms with Gasteiger partial charge in [-0.25, -0.2) is 4.39 Å². The van der Waals surface area contributed by atoms with Gasteiger partial charge in [-0.15, -0.1) is 0 Å². The van der Waals surface area contributed by atoms with E-state index >= 15 is 0 Å². The number of rotatable bonds is 6. The molecule has 0 fully saturated rings. The Hall–Kier alpha value is -2.20. The van der Waals surface area contributed by atoms with E-state index in [1.54, 1.807) is 12.1 Å². The molecule has 0 aliphatic heterocycles. The maximum Gasteiger partial charge on any atom is 0.377 e. The molecule has 1 aliphatic carbocycles. The van der Waals surface area contributed by atoms with Crippen molar-refractivity contribution in [2.75, 3.05) is 14.2 Å². The predicted octanol–water partition coefficient (Wildman–Crippen LogP) is 5.20. The van der Waals surface area contributed by atoms with Gasteiger partial charge in [-0.2, -0.15) is 0 Å². The van der Waals surface area contributed by atoms with E-state index < -0.39 is 7.60 Å².